The Morgan fingerprint density at radius 2 is 1.67 bits per heavy atom. The van der Waals surface area contributed by atoms with Crippen molar-refractivity contribution in [3.05, 3.63) is 101 Å². The van der Waals surface area contributed by atoms with Crippen molar-refractivity contribution in [3.8, 4) is 11.5 Å². The molecular weight excluding hydrogens is 550 g/mol. The molecule has 2 amide bonds. The van der Waals surface area contributed by atoms with Gasteiger partial charge in [0.05, 0.1) is 5.75 Å². The Hall–Kier alpha value is -4.44. The molecule has 1 N–H and O–H groups in total. The Morgan fingerprint density at radius 3 is 2.36 bits per heavy atom. The number of aryl methyl sites for hydroxylation is 2. The lowest BCUT2D eigenvalue weighted by atomic mass is 9.97. The molecule has 9 nitrogen and oxygen atoms in total. The van der Waals surface area contributed by atoms with Gasteiger partial charge >= 0.3 is 0 Å². The molecule has 1 aliphatic rings. The molecule has 0 saturated heterocycles. The first-order chi connectivity index (χ1) is 20.3. The summed E-state index contributed by atoms with van der Waals surface area (Å²) in [5.41, 5.74) is 4.84. The minimum absolute atomic E-state index is 0.0566. The molecule has 0 radical (unpaired) electrons. The number of nitrogens with zero attached hydrogens (tertiary/aromatic N) is 4. The number of fused-ring (bicyclic) bond motifs is 1. The van der Waals surface area contributed by atoms with E-state index in [2.05, 4.69) is 34.1 Å². The second-order valence-electron chi connectivity index (χ2n) is 10.4. The van der Waals surface area contributed by atoms with Gasteiger partial charge in [0.15, 0.2) is 16.7 Å². The zero-order valence-electron chi connectivity index (χ0n) is 24.0. The van der Waals surface area contributed by atoms with Gasteiger partial charge in [-0.1, -0.05) is 55.9 Å². The lowest BCUT2D eigenvalue weighted by molar-refractivity contribution is -0.137. The number of ether oxygens (including phenoxy) is 2. The van der Waals surface area contributed by atoms with Crippen LogP contribution in [0.2, 0.25) is 0 Å². The lowest BCUT2D eigenvalue weighted by Crippen LogP contribution is -2.41. The van der Waals surface area contributed by atoms with Crippen molar-refractivity contribution < 1.29 is 19.1 Å². The standard InChI is InChI=1S/C32H33N5O4S/c1-20(2)24-7-9-25(10-8-24)30(31(39)36-26-11-12-27-28(15-26)41-19-40-27)37(17-23-6-5-13-33-16-23)29(38)18-42-32-34-21(3)14-22(4)35-32/h5-16,20,30H,17-19H2,1-4H3,(H,36,39)/t30-/m1/s1. The average Bonchev–Trinajstić information content (AvgIpc) is 3.44. The topological polar surface area (TPSA) is 107 Å². The zero-order valence-corrected chi connectivity index (χ0v) is 24.9. The molecule has 216 valence electrons. The molecule has 0 bridgehead atoms. The van der Waals surface area contributed by atoms with Crippen LogP contribution in [0.4, 0.5) is 5.69 Å². The van der Waals surface area contributed by atoms with Gasteiger partial charge in [0.2, 0.25) is 12.7 Å². The van der Waals surface area contributed by atoms with Crippen molar-refractivity contribution >= 4 is 29.3 Å². The Labute approximate surface area is 249 Å². The van der Waals surface area contributed by atoms with Gasteiger partial charge in [0.1, 0.15) is 6.04 Å². The Kier molecular flexibility index (Phi) is 9.02. The molecule has 1 atom stereocenters. The summed E-state index contributed by atoms with van der Waals surface area (Å²) in [5.74, 6) is 0.969. The van der Waals surface area contributed by atoms with Gasteiger partial charge in [-0.15, -0.1) is 0 Å². The maximum atomic E-state index is 14.1. The maximum absolute atomic E-state index is 14.1. The van der Waals surface area contributed by atoms with Crippen LogP contribution in [0.5, 0.6) is 11.5 Å². The SMILES string of the molecule is Cc1cc(C)nc(SCC(=O)N(Cc2cccnc2)[C@@H](C(=O)Nc2ccc3c(c2)OCO3)c2ccc(C(C)C)cc2)n1. The predicted molar refractivity (Wildman–Crippen MR) is 161 cm³/mol. The van der Waals surface area contributed by atoms with E-state index in [1.54, 1.807) is 35.5 Å². The van der Waals surface area contributed by atoms with Gasteiger partial charge in [0.25, 0.3) is 5.91 Å². The van der Waals surface area contributed by atoms with Crippen LogP contribution in [0.1, 0.15) is 53.9 Å². The maximum Gasteiger partial charge on any atom is 0.251 e. The minimum atomic E-state index is -0.926. The molecule has 0 unspecified atom stereocenters. The molecular formula is C32H33N5O4S. The van der Waals surface area contributed by atoms with E-state index in [4.69, 9.17) is 9.47 Å². The number of carbonyl (C=O) groups excluding carboxylic acids is 2. The highest BCUT2D eigenvalue weighted by Gasteiger charge is 2.32. The number of nitrogens with one attached hydrogen (secondary N) is 1. The number of benzene rings is 2. The van der Waals surface area contributed by atoms with E-state index in [1.165, 1.54) is 11.8 Å². The molecule has 3 heterocycles. The second kappa shape index (κ2) is 13.0. The number of carbonyl (C=O) groups is 2. The van der Waals surface area contributed by atoms with Crippen LogP contribution in [0.15, 0.2) is 78.2 Å². The number of thioether (sulfide) groups is 1. The van der Waals surface area contributed by atoms with Crippen molar-refractivity contribution in [1.29, 1.82) is 0 Å². The second-order valence-corrected chi connectivity index (χ2v) is 11.3. The highest BCUT2D eigenvalue weighted by molar-refractivity contribution is 7.99. The van der Waals surface area contributed by atoms with Crippen molar-refractivity contribution in [2.24, 2.45) is 0 Å². The van der Waals surface area contributed by atoms with Crippen LogP contribution in [-0.4, -0.2) is 44.2 Å². The summed E-state index contributed by atoms with van der Waals surface area (Å²) < 4.78 is 10.9. The highest BCUT2D eigenvalue weighted by atomic mass is 32.2. The summed E-state index contributed by atoms with van der Waals surface area (Å²) >= 11 is 1.25. The first-order valence-electron chi connectivity index (χ1n) is 13.7. The van der Waals surface area contributed by atoms with Gasteiger partial charge in [-0.2, -0.15) is 0 Å². The van der Waals surface area contributed by atoms with E-state index in [1.807, 2.05) is 56.3 Å². The molecule has 0 spiro atoms. The van der Waals surface area contributed by atoms with Gasteiger partial charge in [-0.05, 0) is 60.7 Å². The molecule has 1 aliphatic heterocycles. The number of aromatic nitrogens is 3. The van der Waals surface area contributed by atoms with Crippen molar-refractivity contribution in [2.75, 3.05) is 17.9 Å². The molecule has 0 aliphatic carbocycles. The van der Waals surface area contributed by atoms with E-state index in [-0.39, 0.29) is 30.9 Å². The number of hydrogen-bond acceptors (Lipinski definition) is 8. The summed E-state index contributed by atoms with van der Waals surface area (Å²) in [6.45, 7) is 8.34. The van der Waals surface area contributed by atoms with E-state index in [0.717, 1.165) is 22.5 Å². The molecule has 4 aromatic rings. The third-order valence-electron chi connectivity index (χ3n) is 6.80. The van der Waals surface area contributed by atoms with Gasteiger partial charge in [-0.25, -0.2) is 9.97 Å². The molecule has 5 rings (SSSR count). The Bertz CT molecular complexity index is 1540. The van der Waals surface area contributed by atoms with Crippen LogP contribution in [0.25, 0.3) is 0 Å². The normalized spacial score (nSPS) is 12.7. The smallest absolute Gasteiger partial charge is 0.251 e. The van der Waals surface area contributed by atoms with Crippen molar-refractivity contribution in [3.63, 3.8) is 0 Å². The zero-order chi connectivity index (χ0) is 29.6. The summed E-state index contributed by atoms with van der Waals surface area (Å²) in [6.07, 6.45) is 3.38. The quantitative estimate of drug-likeness (QED) is 0.183. The van der Waals surface area contributed by atoms with E-state index >= 15 is 0 Å². The third-order valence-corrected chi connectivity index (χ3v) is 7.63. The molecule has 42 heavy (non-hydrogen) atoms. The Balaban J connectivity index is 1.49. The average molecular weight is 584 g/mol. The third kappa shape index (κ3) is 7.06. The van der Waals surface area contributed by atoms with E-state index in [0.29, 0.717) is 33.8 Å². The lowest BCUT2D eigenvalue weighted by Gasteiger charge is -2.31. The first kappa shape index (κ1) is 29.1. The van der Waals surface area contributed by atoms with Crippen LogP contribution >= 0.6 is 11.8 Å². The van der Waals surface area contributed by atoms with Crippen molar-refractivity contribution in [1.82, 2.24) is 19.9 Å². The number of hydrogen-bond donors (Lipinski definition) is 1. The number of anilines is 1. The number of rotatable bonds is 10. The molecule has 10 heteroatoms. The van der Waals surface area contributed by atoms with Crippen LogP contribution < -0.4 is 14.8 Å². The fraction of sp³-hybridized carbons (Fsp3) is 0.281. The molecule has 2 aromatic heterocycles. The molecule has 0 saturated carbocycles. The van der Waals surface area contributed by atoms with Crippen LogP contribution in [0.3, 0.4) is 0 Å². The first-order valence-corrected chi connectivity index (χ1v) is 14.7. The summed E-state index contributed by atoms with van der Waals surface area (Å²) in [7, 11) is 0. The fourth-order valence-electron chi connectivity index (χ4n) is 4.70. The fourth-order valence-corrected chi connectivity index (χ4v) is 5.54. The summed E-state index contributed by atoms with van der Waals surface area (Å²) in [5, 5.41) is 3.52. The monoisotopic (exact) mass is 583 g/mol. The van der Waals surface area contributed by atoms with E-state index < -0.39 is 6.04 Å². The molecule has 2 aromatic carbocycles. The van der Waals surface area contributed by atoms with Crippen LogP contribution in [-0.2, 0) is 16.1 Å². The number of amides is 2. The summed E-state index contributed by atoms with van der Waals surface area (Å²) in [4.78, 5) is 42.9. The predicted octanol–water partition coefficient (Wildman–Crippen LogP) is 5.84. The van der Waals surface area contributed by atoms with Gasteiger partial charge < -0.3 is 19.7 Å². The highest BCUT2D eigenvalue weighted by Crippen LogP contribution is 2.35. The largest absolute Gasteiger partial charge is 0.454 e. The van der Waals surface area contributed by atoms with E-state index in [9.17, 15) is 9.59 Å². The van der Waals surface area contributed by atoms with Crippen LogP contribution in [0, 0.1) is 13.8 Å². The minimum Gasteiger partial charge on any atom is -0.454 e. The number of pyridine rings is 1. The summed E-state index contributed by atoms with van der Waals surface area (Å²) in [6, 6.07) is 17.7. The Morgan fingerprint density at radius 1 is 0.952 bits per heavy atom. The van der Waals surface area contributed by atoms with Gasteiger partial charge in [0, 0.05) is 42.1 Å². The molecule has 0 fully saturated rings. The van der Waals surface area contributed by atoms with Gasteiger partial charge in [-0.3, -0.25) is 14.6 Å². The van der Waals surface area contributed by atoms with Crippen molar-refractivity contribution in [2.45, 2.75) is 51.4 Å².